The van der Waals surface area contributed by atoms with Gasteiger partial charge in [-0.1, -0.05) is 12.0 Å². The van der Waals surface area contributed by atoms with Crippen molar-refractivity contribution in [1.29, 1.82) is 0 Å². The van der Waals surface area contributed by atoms with E-state index in [0.717, 1.165) is 90.9 Å². The number of hydrogen-bond acceptors (Lipinski definition) is 14. The first-order chi connectivity index (χ1) is 36.4. The summed E-state index contributed by atoms with van der Waals surface area (Å²) in [6.45, 7) is 11.7. The van der Waals surface area contributed by atoms with Gasteiger partial charge in [-0.05, 0) is 119 Å². The summed E-state index contributed by atoms with van der Waals surface area (Å²) >= 11 is 0. The van der Waals surface area contributed by atoms with E-state index < -0.39 is 29.4 Å². The van der Waals surface area contributed by atoms with Gasteiger partial charge >= 0.3 is 6.01 Å². The number of carbonyl (C=O) groups is 3. The number of aromatic hydroxyl groups is 1. The second kappa shape index (κ2) is 20.5. The summed E-state index contributed by atoms with van der Waals surface area (Å²) in [5, 5.41) is 17.8. The molecule has 3 N–H and O–H groups in total. The van der Waals surface area contributed by atoms with Crippen molar-refractivity contribution in [1.82, 2.24) is 45.2 Å². The number of hydrogen-bond donors (Lipinski definition) is 3. The third-order valence-corrected chi connectivity index (χ3v) is 17.0. The highest BCUT2D eigenvalue weighted by molar-refractivity contribution is 6.06. The maximum Gasteiger partial charge on any atom is 0.319 e. The largest absolute Gasteiger partial charge is 0.508 e. The summed E-state index contributed by atoms with van der Waals surface area (Å²) in [5.41, 5.74) is 1.14. The molecular formula is C56H62F3N11O5. The molecular weight excluding hydrogens is 964 g/mol. The fourth-order valence-corrected chi connectivity index (χ4v) is 13.0. The number of pyridine rings is 1. The van der Waals surface area contributed by atoms with E-state index in [1.165, 1.54) is 29.2 Å². The normalized spacial score (nSPS) is 23.4. The lowest BCUT2D eigenvalue weighted by Crippen LogP contribution is -2.52. The van der Waals surface area contributed by atoms with E-state index in [9.17, 15) is 19.5 Å². The molecule has 75 heavy (non-hydrogen) atoms. The number of carbonyl (C=O) groups excluding carboxylic acids is 3. The number of nitrogens with zero attached hydrogens (tertiary/aromatic N) is 9. The Morgan fingerprint density at radius 2 is 1.48 bits per heavy atom. The molecule has 6 fully saturated rings. The zero-order valence-corrected chi connectivity index (χ0v) is 42.0. The number of rotatable bonds is 12. The third kappa shape index (κ3) is 9.70. The number of likely N-dealkylation sites (tertiary alicyclic amines) is 2. The minimum absolute atomic E-state index is 0.0225. The van der Waals surface area contributed by atoms with Gasteiger partial charge in [0.1, 0.15) is 41.2 Å². The molecule has 12 rings (SSSR count). The minimum atomic E-state index is -0.776. The molecule has 0 aliphatic carbocycles. The summed E-state index contributed by atoms with van der Waals surface area (Å²) < 4.78 is 54.4. The molecule has 392 valence electrons. The molecule has 7 aliphatic heterocycles. The molecule has 6 saturated heterocycles. The number of aromatic nitrogens is 3. The van der Waals surface area contributed by atoms with E-state index >= 15 is 13.2 Å². The van der Waals surface area contributed by atoms with Crippen molar-refractivity contribution in [3.05, 3.63) is 76.7 Å². The van der Waals surface area contributed by atoms with Crippen molar-refractivity contribution in [3.63, 3.8) is 0 Å². The molecule has 0 saturated carbocycles. The second-order valence-corrected chi connectivity index (χ2v) is 21.7. The number of benzene rings is 3. The highest BCUT2D eigenvalue weighted by Crippen LogP contribution is 2.40. The SMILES string of the molecule is C#Cc1c(F)ccc2cc(O)cc(-c3ncc4c(N5CC6CCC(C5)N6)nc(OCCN5CCC(CN6CCC(CN7CCN(c8ccc9c(c8F)CN(C8CCC(=O)NC8=O)C9=O)CC7)CC6)CC5)nc4c3F)c12. The molecule has 2 aromatic heterocycles. The van der Waals surface area contributed by atoms with Gasteiger partial charge in [0.25, 0.3) is 5.91 Å². The Bertz CT molecular complexity index is 3100. The molecule has 2 bridgehead atoms. The number of fused-ring (bicyclic) bond motifs is 5. The molecule has 19 heteroatoms. The number of phenolic OH excluding ortho intramolecular Hbond substituents is 1. The van der Waals surface area contributed by atoms with Crippen molar-refractivity contribution >= 4 is 50.9 Å². The molecule has 9 heterocycles. The Kier molecular flexibility index (Phi) is 13.5. The summed E-state index contributed by atoms with van der Waals surface area (Å²) in [5.74, 6) is 1.07. The van der Waals surface area contributed by atoms with Crippen LogP contribution < -0.4 is 25.2 Å². The molecule has 3 aromatic carbocycles. The number of anilines is 2. The summed E-state index contributed by atoms with van der Waals surface area (Å²) in [6.07, 6.45) is 14.3. The molecule has 7 aliphatic rings. The molecule has 0 radical (unpaired) electrons. The Hall–Kier alpha value is -6.59. The van der Waals surface area contributed by atoms with E-state index in [-0.39, 0.29) is 70.7 Å². The number of ether oxygens (including phenoxy) is 1. The highest BCUT2D eigenvalue weighted by atomic mass is 19.1. The van der Waals surface area contributed by atoms with Crippen LogP contribution in [0.25, 0.3) is 32.9 Å². The topological polar surface area (TPSA) is 163 Å². The number of piperidine rings is 3. The predicted molar refractivity (Wildman–Crippen MR) is 277 cm³/mol. The van der Waals surface area contributed by atoms with Crippen molar-refractivity contribution in [2.24, 2.45) is 11.8 Å². The summed E-state index contributed by atoms with van der Waals surface area (Å²) in [4.78, 5) is 64.6. The third-order valence-electron chi connectivity index (χ3n) is 17.0. The average Bonchev–Trinajstić information content (AvgIpc) is 3.94. The zero-order valence-electron chi connectivity index (χ0n) is 42.0. The van der Waals surface area contributed by atoms with Crippen LogP contribution in [0.2, 0.25) is 0 Å². The van der Waals surface area contributed by atoms with Gasteiger partial charge in [0.15, 0.2) is 11.6 Å². The number of halogens is 3. The summed E-state index contributed by atoms with van der Waals surface area (Å²) in [6, 6.07) is 8.80. The standard InChI is InChI=1S/C56H62F3N11O5/c1-2-39-44(57)7-3-35-25-38(71)26-41(48(35)39)51-50(59)52-42(27-60-51)53(69-30-36-4-5-37(31-69)61-36)64-56(63-52)75-24-23-65-15-11-33(12-16-65)28-66-17-13-34(14-18-66)29-67-19-21-68(22-20-67)45-8-6-40-43(49(45)58)32-70(55(40)74)46-9-10-47(72)62-54(46)73/h1,3,6-8,25-27,33-34,36-37,46,61,71H,4-5,9-24,28-32H2,(H,62,72,73). The molecule has 0 spiro atoms. The number of amides is 3. The number of imide groups is 1. The number of phenols is 1. The quantitative estimate of drug-likeness (QED) is 0.109. The minimum Gasteiger partial charge on any atom is -0.508 e. The van der Waals surface area contributed by atoms with Crippen LogP contribution in [0.3, 0.4) is 0 Å². The van der Waals surface area contributed by atoms with Crippen LogP contribution in [0.1, 0.15) is 72.9 Å². The highest BCUT2D eigenvalue weighted by Gasteiger charge is 2.41. The van der Waals surface area contributed by atoms with Crippen LogP contribution in [-0.2, 0) is 16.1 Å². The van der Waals surface area contributed by atoms with Gasteiger partial charge in [0.2, 0.25) is 11.8 Å². The zero-order chi connectivity index (χ0) is 51.5. The van der Waals surface area contributed by atoms with Gasteiger partial charge in [-0.3, -0.25) is 34.5 Å². The lowest BCUT2D eigenvalue weighted by molar-refractivity contribution is -0.136. The first-order valence-corrected chi connectivity index (χ1v) is 26.7. The smallest absolute Gasteiger partial charge is 0.319 e. The molecule has 3 amide bonds. The number of terminal acetylenes is 1. The maximum atomic E-state index is 17.0. The van der Waals surface area contributed by atoms with E-state index in [1.807, 2.05) is 0 Å². The van der Waals surface area contributed by atoms with Gasteiger partial charge in [-0.15, -0.1) is 6.42 Å². The Morgan fingerprint density at radius 3 is 2.19 bits per heavy atom. The van der Waals surface area contributed by atoms with Crippen LogP contribution in [0.4, 0.5) is 24.7 Å². The van der Waals surface area contributed by atoms with Crippen LogP contribution in [0.15, 0.2) is 42.6 Å². The molecule has 3 atom stereocenters. The van der Waals surface area contributed by atoms with Crippen LogP contribution in [-0.4, -0.2) is 167 Å². The van der Waals surface area contributed by atoms with Gasteiger partial charge < -0.3 is 34.8 Å². The molecule has 5 aromatic rings. The lowest BCUT2D eigenvalue weighted by atomic mass is 9.92. The van der Waals surface area contributed by atoms with Gasteiger partial charge in [-0.25, -0.2) is 13.2 Å². The van der Waals surface area contributed by atoms with E-state index in [0.29, 0.717) is 96.7 Å². The molecule has 3 unspecified atom stereocenters. The Labute approximate surface area is 433 Å². The number of piperazine rings is 2. The van der Waals surface area contributed by atoms with Gasteiger partial charge in [-0.2, -0.15) is 9.97 Å². The van der Waals surface area contributed by atoms with E-state index in [2.05, 4.69) is 51.0 Å². The van der Waals surface area contributed by atoms with Crippen molar-refractivity contribution in [3.8, 4) is 35.4 Å². The lowest BCUT2D eigenvalue weighted by Gasteiger charge is -2.41. The van der Waals surface area contributed by atoms with Crippen LogP contribution in [0.5, 0.6) is 11.8 Å². The van der Waals surface area contributed by atoms with E-state index in [1.54, 1.807) is 18.3 Å². The fourth-order valence-electron chi connectivity index (χ4n) is 13.0. The monoisotopic (exact) mass is 1030 g/mol. The van der Waals surface area contributed by atoms with E-state index in [4.69, 9.17) is 16.1 Å². The Balaban J connectivity index is 0.619. The first kappa shape index (κ1) is 49.3. The van der Waals surface area contributed by atoms with Gasteiger partial charge in [0.05, 0.1) is 23.2 Å². The number of nitrogens with one attached hydrogen (secondary N) is 2. The first-order valence-electron chi connectivity index (χ1n) is 26.7. The fraction of sp³-hybridized carbons (Fsp3) is 0.500. The van der Waals surface area contributed by atoms with Crippen molar-refractivity contribution in [2.45, 2.75) is 76.0 Å². The van der Waals surface area contributed by atoms with Crippen LogP contribution >= 0.6 is 0 Å². The van der Waals surface area contributed by atoms with Crippen LogP contribution in [0, 0.1) is 41.6 Å². The maximum absolute atomic E-state index is 17.0. The van der Waals surface area contributed by atoms with Crippen molar-refractivity contribution < 1.29 is 37.4 Å². The van der Waals surface area contributed by atoms with Crippen molar-refractivity contribution in [2.75, 3.05) is 101 Å². The Morgan fingerprint density at radius 1 is 0.773 bits per heavy atom. The second-order valence-electron chi connectivity index (χ2n) is 21.7. The average molecular weight is 1030 g/mol. The predicted octanol–water partition coefficient (Wildman–Crippen LogP) is 5.28. The van der Waals surface area contributed by atoms with Gasteiger partial charge in [0, 0.05) is 106 Å². The summed E-state index contributed by atoms with van der Waals surface area (Å²) in [7, 11) is 0. The molecule has 16 nitrogen and oxygen atoms in total.